The summed E-state index contributed by atoms with van der Waals surface area (Å²) in [5.74, 6) is 2.11. The Morgan fingerprint density at radius 1 is 0.917 bits per heavy atom. The maximum Gasteiger partial charge on any atom is 0.148 e. The van der Waals surface area contributed by atoms with Crippen LogP contribution in [-0.4, -0.2) is 34.4 Å². The van der Waals surface area contributed by atoms with Gasteiger partial charge in [-0.1, -0.05) is 24.3 Å². The molecule has 3 aromatic rings. The summed E-state index contributed by atoms with van der Waals surface area (Å²) in [7, 11) is 0. The van der Waals surface area contributed by atoms with Gasteiger partial charge in [-0.05, 0) is 29.8 Å². The van der Waals surface area contributed by atoms with Crippen molar-refractivity contribution in [3.05, 3.63) is 66.7 Å². The van der Waals surface area contributed by atoms with Gasteiger partial charge in [-0.2, -0.15) is 16.9 Å². The molecular weight excluding hydrogens is 321 g/mol. The van der Waals surface area contributed by atoms with Gasteiger partial charge in [0.25, 0.3) is 0 Å². The van der Waals surface area contributed by atoms with Gasteiger partial charge in [-0.3, -0.25) is 0 Å². The van der Waals surface area contributed by atoms with Crippen molar-refractivity contribution in [3.8, 4) is 16.8 Å². The first-order chi connectivity index (χ1) is 11.8. The van der Waals surface area contributed by atoms with E-state index in [4.69, 9.17) is 0 Å². The summed E-state index contributed by atoms with van der Waals surface area (Å²) >= 11 is 2.01. The van der Waals surface area contributed by atoms with E-state index in [0.717, 1.165) is 24.2 Å². The van der Waals surface area contributed by atoms with Gasteiger partial charge in [0.05, 0.1) is 6.20 Å². The molecule has 1 aliphatic heterocycles. The molecule has 2 heterocycles. The second-order valence-electron chi connectivity index (χ2n) is 5.77. The lowest BCUT2D eigenvalue weighted by Gasteiger charge is -2.28. The van der Waals surface area contributed by atoms with Crippen LogP contribution in [0.25, 0.3) is 16.8 Å². The number of hydrogen-bond donors (Lipinski definition) is 0. The Bertz CT molecular complexity index is 823. The minimum atomic E-state index is -0.273. The molecule has 1 fully saturated rings. The van der Waals surface area contributed by atoms with Crippen LogP contribution < -0.4 is 4.90 Å². The van der Waals surface area contributed by atoms with E-state index in [-0.39, 0.29) is 5.82 Å². The van der Waals surface area contributed by atoms with E-state index in [1.54, 1.807) is 23.0 Å². The molecule has 0 aliphatic carbocycles. The number of anilines is 1. The first-order valence-corrected chi connectivity index (χ1v) is 9.19. The fourth-order valence-corrected chi connectivity index (χ4v) is 3.83. The third kappa shape index (κ3) is 3.04. The van der Waals surface area contributed by atoms with E-state index in [9.17, 15) is 4.39 Å². The minimum Gasteiger partial charge on any atom is -0.370 e. The van der Waals surface area contributed by atoms with Gasteiger partial charge in [0.1, 0.15) is 11.5 Å². The Hall–Kier alpha value is -2.27. The lowest BCUT2D eigenvalue weighted by Crippen LogP contribution is -2.32. The summed E-state index contributed by atoms with van der Waals surface area (Å²) in [5.41, 5.74) is 3.80. The number of aromatic nitrogens is 2. The third-order valence-corrected chi connectivity index (χ3v) is 5.20. The zero-order chi connectivity index (χ0) is 16.4. The van der Waals surface area contributed by atoms with E-state index >= 15 is 0 Å². The molecule has 0 spiro atoms. The van der Waals surface area contributed by atoms with Crippen molar-refractivity contribution in [2.45, 2.75) is 0 Å². The Balaban J connectivity index is 1.57. The van der Waals surface area contributed by atoms with Gasteiger partial charge in [0.15, 0.2) is 0 Å². The first kappa shape index (κ1) is 15.3. The average molecular weight is 339 g/mol. The van der Waals surface area contributed by atoms with Gasteiger partial charge in [-0.15, -0.1) is 0 Å². The fraction of sp³-hybridized carbons (Fsp3) is 0.211. The number of thioether (sulfide) groups is 1. The van der Waals surface area contributed by atoms with Crippen LogP contribution in [0.1, 0.15) is 0 Å². The Morgan fingerprint density at radius 3 is 2.42 bits per heavy atom. The van der Waals surface area contributed by atoms with Crippen molar-refractivity contribution in [2.75, 3.05) is 29.5 Å². The molecule has 0 radical (unpaired) electrons. The smallest absolute Gasteiger partial charge is 0.148 e. The Labute approximate surface area is 145 Å². The Morgan fingerprint density at radius 2 is 1.67 bits per heavy atom. The summed E-state index contributed by atoms with van der Waals surface area (Å²) in [4.78, 5) is 2.42. The highest BCUT2D eigenvalue weighted by atomic mass is 32.2. The molecule has 24 heavy (non-hydrogen) atoms. The summed E-state index contributed by atoms with van der Waals surface area (Å²) in [6, 6.07) is 15.2. The lowest BCUT2D eigenvalue weighted by molar-refractivity contribution is 0.611. The average Bonchev–Trinajstić information content (AvgIpc) is 3.13. The summed E-state index contributed by atoms with van der Waals surface area (Å²) in [5, 5.41) is 4.30. The van der Waals surface area contributed by atoms with Crippen molar-refractivity contribution < 1.29 is 4.39 Å². The molecule has 122 valence electrons. The van der Waals surface area contributed by atoms with E-state index in [1.807, 2.05) is 24.0 Å². The topological polar surface area (TPSA) is 21.1 Å². The molecule has 3 nitrogen and oxygen atoms in total. The van der Waals surface area contributed by atoms with E-state index in [2.05, 4.69) is 34.3 Å². The van der Waals surface area contributed by atoms with Crippen LogP contribution in [0.15, 0.2) is 60.9 Å². The van der Waals surface area contributed by atoms with Crippen molar-refractivity contribution >= 4 is 17.4 Å². The second-order valence-corrected chi connectivity index (χ2v) is 7.00. The molecule has 0 unspecified atom stereocenters. The lowest BCUT2D eigenvalue weighted by atomic mass is 10.1. The molecule has 0 amide bonds. The van der Waals surface area contributed by atoms with Gasteiger partial charge in [0.2, 0.25) is 0 Å². The monoisotopic (exact) mass is 339 g/mol. The van der Waals surface area contributed by atoms with Crippen LogP contribution in [0.5, 0.6) is 0 Å². The van der Waals surface area contributed by atoms with Crippen LogP contribution in [0.4, 0.5) is 10.1 Å². The van der Waals surface area contributed by atoms with Crippen molar-refractivity contribution in [1.82, 2.24) is 9.78 Å². The van der Waals surface area contributed by atoms with Gasteiger partial charge >= 0.3 is 0 Å². The molecule has 1 saturated heterocycles. The van der Waals surface area contributed by atoms with E-state index in [0.29, 0.717) is 5.69 Å². The number of rotatable bonds is 3. The maximum atomic E-state index is 13.9. The van der Waals surface area contributed by atoms with E-state index < -0.39 is 0 Å². The van der Waals surface area contributed by atoms with Crippen LogP contribution in [-0.2, 0) is 0 Å². The fourth-order valence-electron chi connectivity index (χ4n) is 2.93. The predicted octanol–water partition coefficient (Wildman–Crippen LogP) is 4.23. The minimum absolute atomic E-state index is 0.273. The molecule has 0 atom stereocenters. The maximum absolute atomic E-state index is 13.9. The van der Waals surface area contributed by atoms with Gasteiger partial charge in [0, 0.05) is 42.0 Å². The van der Waals surface area contributed by atoms with Crippen molar-refractivity contribution in [2.24, 2.45) is 0 Å². The zero-order valence-corrected chi connectivity index (χ0v) is 14.0. The van der Waals surface area contributed by atoms with Crippen molar-refractivity contribution in [3.63, 3.8) is 0 Å². The quantitative estimate of drug-likeness (QED) is 0.712. The highest BCUT2D eigenvalue weighted by molar-refractivity contribution is 7.99. The molecule has 0 bridgehead atoms. The molecule has 1 aliphatic rings. The molecule has 0 saturated carbocycles. The summed E-state index contributed by atoms with van der Waals surface area (Å²) in [6.07, 6.45) is 3.64. The normalized spacial score (nSPS) is 14.8. The highest BCUT2D eigenvalue weighted by Crippen LogP contribution is 2.25. The Kier molecular flexibility index (Phi) is 4.26. The molecular formula is C19H18FN3S. The standard InChI is InChI=1S/C19H18FN3S/c20-18-3-1-2-4-19(18)23-14-16(13-21-23)15-5-7-17(8-6-15)22-9-11-24-12-10-22/h1-8,13-14H,9-12H2. The molecule has 1 aromatic heterocycles. The van der Waals surface area contributed by atoms with Gasteiger partial charge in [-0.25, -0.2) is 9.07 Å². The highest BCUT2D eigenvalue weighted by Gasteiger charge is 2.12. The number of hydrogen-bond acceptors (Lipinski definition) is 3. The van der Waals surface area contributed by atoms with E-state index in [1.165, 1.54) is 23.3 Å². The molecule has 5 heteroatoms. The second kappa shape index (κ2) is 6.69. The molecule has 2 aromatic carbocycles. The zero-order valence-electron chi connectivity index (χ0n) is 13.2. The van der Waals surface area contributed by atoms with Gasteiger partial charge < -0.3 is 4.90 Å². The summed E-state index contributed by atoms with van der Waals surface area (Å²) < 4.78 is 15.5. The third-order valence-electron chi connectivity index (χ3n) is 4.26. The number of benzene rings is 2. The molecule has 4 rings (SSSR count). The predicted molar refractivity (Wildman–Crippen MR) is 98.5 cm³/mol. The number of para-hydroxylation sites is 1. The summed E-state index contributed by atoms with van der Waals surface area (Å²) in [6.45, 7) is 2.21. The number of halogens is 1. The van der Waals surface area contributed by atoms with Crippen molar-refractivity contribution in [1.29, 1.82) is 0 Å². The van der Waals surface area contributed by atoms with Crippen LogP contribution in [0, 0.1) is 5.82 Å². The largest absolute Gasteiger partial charge is 0.370 e. The molecule has 0 N–H and O–H groups in total. The van der Waals surface area contributed by atoms with Crippen LogP contribution >= 0.6 is 11.8 Å². The number of nitrogens with zero attached hydrogens (tertiary/aromatic N) is 3. The van der Waals surface area contributed by atoms with Crippen LogP contribution in [0.2, 0.25) is 0 Å². The SMILES string of the molecule is Fc1ccccc1-n1cc(-c2ccc(N3CCSCC3)cc2)cn1. The first-order valence-electron chi connectivity index (χ1n) is 8.04. The van der Waals surface area contributed by atoms with Crippen LogP contribution in [0.3, 0.4) is 0 Å².